The molecule has 0 aliphatic heterocycles. The predicted molar refractivity (Wildman–Crippen MR) is 102 cm³/mol. The van der Waals surface area contributed by atoms with Crippen LogP contribution in [-0.2, 0) is 14.3 Å². The minimum absolute atomic E-state index is 0.0626. The average molecular weight is 445 g/mol. The Morgan fingerprint density at radius 1 is 1.03 bits per heavy atom. The van der Waals surface area contributed by atoms with Crippen LogP contribution in [0.4, 0.5) is 18.2 Å². The van der Waals surface area contributed by atoms with Gasteiger partial charge in [-0.2, -0.15) is 0 Å². The van der Waals surface area contributed by atoms with Crippen molar-refractivity contribution in [3.63, 3.8) is 0 Å². The molecule has 7 nitrogen and oxygen atoms in total. The van der Waals surface area contributed by atoms with E-state index in [-0.39, 0.29) is 22.7 Å². The number of benzene rings is 1. The second-order valence-electron chi connectivity index (χ2n) is 5.90. The molecule has 1 aromatic carbocycles. The number of anilines is 1. The molecule has 2 rings (SSSR count). The summed E-state index contributed by atoms with van der Waals surface area (Å²) in [5.41, 5.74) is 0.846. The highest BCUT2D eigenvalue weighted by atomic mass is 32.1. The second-order valence-corrected chi connectivity index (χ2v) is 7.13. The van der Waals surface area contributed by atoms with Crippen LogP contribution < -0.4 is 10.1 Å². The highest BCUT2D eigenvalue weighted by Gasteiger charge is 2.31. The van der Waals surface area contributed by atoms with Crippen molar-refractivity contribution in [1.29, 1.82) is 0 Å². The first-order valence-electron chi connectivity index (χ1n) is 8.61. The summed E-state index contributed by atoms with van der Waals surface area (Å²) >= 11 is 1.18. The van der Waals surface area contributed by atoms with Gasteiger partial charge < -0.3 is 19.5 Å². The zero-order valence-corrected chi connectivity index (χ0v) is 17.0. The molecule has 1 heterocycles. The molecule has 0 unspecified atom stereocenters. The molecule has 0 saturated heterocycles. The third-order valence-corrected chi connectivity index (χ3v) is 4.90. The van der Waals surface area contributed by atoms with Gasteiger partial charge in [0.2, 0.25) is 0 Å². The molecular formula is C19H18F3NO6S. The van der Waals surface area contributed by atoms with Gasteiger partial charge in [0.15, 0.2) is 6.61 Å². The van der Waals surface area contributed by atoms with E-state index >= 15 is 0 Å². The minimum Gasteiger partial charge on any atom is -0.462 e. The van der Waals surface area contributed by atoms with Crippen molar-refractivity contribution < 1.29 is 41.8 Å². The molecule has 0 aliphatic rings. The molecule has 1 aromatic heterocycles. The van der Waals surface area contributed by atoms with Gasteiger partial charge in [0.25, 0.3) is 5.91 Å². The Bertz CT molecular complexity index is 937. The number of esters is 2. The molecule has 11 heteroatoms. The van der Waals surface area contributed by atoms with Gasteiger partial charge in [0.1, 0.15) is 10.8 Å². The van der Waals surface area contributed by atoms with Gasteiger partial charge in [0.05, 0.1) is 17.7 Å². The Hall–Kier alpha value is -3.08. The van der Waals surface area contributed by atoms with E-state index in [0.717, 1.165) is 29.1 Å². The number of hydrogen-bond acceptors (Lipinski definition) is 7. The molecule has 0 aliphatic carbocycles. The standard InChI is InChI=1S/C19H18F3NO6S/c1-4-27-18(26)15-10(2)11(3)30-16(15)23-14(24)9-28-17(25)12-5-7-13(8-6-12)29-19(20,21)22/h5-8H,4,9H2,1-3H3,(H,23,24). The van der Waals surface area contributed by atoms with Crippen molar-refractivity contribution in [2.24, 2.45) is 0 Å². The van der Waals surface area contributed by atoms with Crippen LogP contribution in [-0.4, -0.2) is 37.4 Å². The van der Waals surface area contributed by atoms with E-state index in [1.165, 1.54) is 11.3 Å². The number of amides is 1. The molecule has 162 valence electrons. The van der Waals surface area contributed by atoms with Crippen LogP contribution in [0.2, 0.25) is 0 Å². The summed E-state index contributed by atoms with van der Waals surface area (Å²) in [7, 11) is 0. The van der Waals surface area contributed by atoms with E-state index in [1.54, 1.807) is 20.8 Å². The van der Waals surface area contributed by atoms with E-state index in [9.17, 15) is 27.6 Å². The number of halogens is 3. The van der Waals surface area contributed by atoms with Gasteiger partial charge in [-0.3, -0.25) is 4.79 Å². The normalized spacial score (nSPS) is 11.0. The summed E-state index contributed by atoms with van der Waals surface area (Å²) < 4.78 is 50.0. The Kier molecular flexibility index (Phi) is 7.43. The first kappa shape index (κ1) is 23.2. The molecule has 0 atom stereocenters. The number of hydrogen-bond donors (Lipinski definition) is 1. The summed E-state index contributed by atoms with van der Waals surface area (Å²) in [5.74, 6) is -2.67. The number of nitrogens with one attached hydrogen (secondary N) is 1. The Balaban J connectivity index is 1.97. The van der Waals surface area contributed by atoms with Crippen LogP contribution in [0.5, 0.6) is 5.75 Å². The van der Waals surface area contributed by atoms with Crippen molar-refractivity contribution in [1.82, 2.24) is 0 Å². The highest BCUT2D eigenvalue weighted by Crippen LogP contribution is 2.33. The molecule has 0 saturated carbocycles. The number of carbonyl (C=O) groups excluding carboxylic acids is 3. The van der Waals surface area contributed by atoms with Gasteiger partial charge >= 0.3 is 18.3 Å². The third-order valence-electron chi connectivity index (χ3n) is 3.78. The van der Waals surface area contributed by atoms with Crippen LogP contribution in [0.25, 0.3) is 0 Å². The Morgan fingerprint density at radius 3 is 2.23 bits per heavy atom. The van der Waals surface area contributed by atoms with E-state index in [4.69, 9.17) is 9.47 Å². The minimum atomic E-state index is -4.85. The number of alkyl halides is 3. The predicted octanol–water partition coefficient (Wildman–Crippen LogP) is 4.24. The molecule has 0 radical (unpaired) electrons. The zero-order chi connectivity index (χ0) is 22.5. The van der Waals surface area contributed by atoms with Crippen LogP contribution >= 0.6 is 11.3 Å². The number of ether oxygens (including phenoxy) is 3. The molecule has 30 heavy (non-hydrogen) atoms. The Morgan fingerprint density at radius 2 is 1.67 bits per heavy atom. The highest BCUT2D eigenvalue weighted by molar-refractivity contribution is 7.16. The topological polar surface area (TPSA) is 90.9 Å². The van der Waals surface area contributed by atoms with Crippen LogP contribution in [0.3, 0.4) is 0 Å². The van der Waals surface area contributed by atoms with Gasteiger partial charge in [-0.25, -0.2) is 9.59 Å². The van der Waals surface area contributed by atoms with E-state index in [1.807, 2.05) is 0 Å². The number of carbonyl (C=O) groups is 3. The fourth-order valence-corrected chi connectivity index (χ4v) is 3.40. The van der Waals surface area contributed by atoms with Gasteiger partial charge in [-0.1, -0.05) is 0 Å². The summed E-state index contributed by atoms with van der Waals surface area (Å²) in [4.78, 5) is 37.0. The van der Waals surface area contributed by atoms with Crippen molar-refractivity contribution in [2.45, 2.75) is 27.1 Å². The van der Waals surface area contributed by atoms with Gasteiger partial charge in [-0.05, 0) is 50.6 Å². The van der Waals surface area contributed by atoms with E-state index in [0.29, 0.717) is 5.56 Å². The lowest BCUT2D eigenvalue weighted by Crippen LogP contribution is -2.22. The molecule has 0 spiro atoms. The molecule has 1 N–H and O–H groups in total. The first-order chi connectivity index (χ1) is 14.0. The van der Waals surface area contributed by atoms with E-state index in [2.05, 4.69) is 10.1 Å². The second kappa shape index (κ2) is 9.61. The van der Waals surface area contributed by atoms with Crippen molar-refractivity contribution in [3.8, 4) is 5.75 Å². The number of thiophene rings is 1. The van der Waals surface area contributed by atoms with Gasteiger partial charge in [0, 0.05) is 4.88 Å². The third kappa shape index (κ3) is 6.21. The maximum atomic E-state index is 12.2. The summed E-state index contributed by atoms with van der Waals surface area (Å²) in [6, 6.07) is 4.05. The smallest absolute Gasteiger partial charge is 0.462 e. The van der Waals surface area contributed by atoms with Crippen molar-refractivity contribution >= 4 is 34.2 Å². The Labute approximate surface area is 173 Å². The monoisotopic (exact) mass is 445 g/mol. The van der Waals surface area contributed by atoms with Crippen molar-refractivity contribution in [3.05, 3.63) is 45.8 Å². The average Bonchev–Trinajstić information content (AvgIpc) is 2.92. The molecule has 0 fully saturated rings. The zero-order valence-electron chi connectivity index (χ0n) is 16.2. The molecule has 0 bridgehead atoms. The molecule has 2 aromatic rings. The first-order valence-corrected chi connectivity index (χ1v) is 9.43. The van der Waals surface area contributed by atoms with Gasteiger partial charge in [-0.15, -0.1) is 24.5 Å². The largest absolute Gasteiger partial charge is 0.573 e. The maximum Gasteiger partial charge on any atom is 0.573 e. The number of aryl methyl sites for hydroxylation is 1. The van der Waals surface area contributed by atoms with Crippen LogP contribution in [0.15, 0.2) is 24.3 Å². The van der Waals surface area contributed by atoms with E-state index < -0.39 is 36.6 Å². The van der Waals surface area contributed by atoms with Crippen LogP contribution in [0, 0.1) is 13.8 Å². The fraction of sp³-hybridized carbons (Fsp3) is 0.316. The quantitative estimate of drug-likeness (QED) is 0.642. The maximum absolute atomic E-state index is 12.2. The van der Waals surface area contributed by atoms with Crippen LogP contribution in [0.1, 0.15) is 38.1 Å². The summed E-state index contributed by atoms with van der Waals surface area (Å²) in [6.07, 6.45) is -4.85. The molecule has 1 amide bonds. The van der Waals surface area contributed by atoms with Crippen molar-refractivity contribution in [2.75, 3.05) is 18.5 Å². The fourth-order valence-electron chi connectivity index (χ4n) is 2.33. The summed E-state index contributed by atoms with van der Waals surface area (Å²) in [5, 5.41) is 2.79. The lowest BCUT2D eigenvalue weighted by Gasteiger charge is -2.10. The SMILES string of the molecule is CCOC(=O)c1c(NC(=O)COC(=O)c2ccc(OC(F)(F)F)cc2)sc(C)c1C. The lowest BCUT2D eigenvalue weighted by atomic mass is 10.1. The number of rotatable bonds is 7. The summed E-state index contributed by atoms with van der Waals surface area (Å²) in [6.45, 7) is 4.68. The molecular weight excluding hydrogens is 427 g/mol. The lowest BCUT2D eigenvalue weighted by molar-refractivity contribution is -0.274.